The molecule has 1 aromatic carbocycles. The van der Waals surface area contributed by atoms with Gasteiger partial charge in [0.25, 0.3) is 0 Å². The quantitative estimate of drug-likeness (QED) is 0.935. The number of hydrogen-bond donors (Lipinski definition) is 1. The van der Waals surface area contributed by atoms with Crippen molar-refractivity contribution in [2.45, 2.75) is 25.8 Å². The Kier molecular flexibility index (Phi) is 4.03. The van der Waals surface area contributed by atoms with Crippen LogP contribution in [0.25, 0.3) is 10.9 Å². The number of hydrogen-bond acceptors (Lipinski definition) is 4. The van der Waals surface area contributed by atoms with Crippen LogP contribution in [0.1, 0.15) is 25.3 Å². The summed E-state index contributed by atoms with van der Waals surface area (Å²) in [7, 11) is 0. The zero-order valence-corrected chi connectivity index (χ0v) is 12.3. The van der Waals surface area contributed by atoms with Crippen LogP contribution in [0.5, 0.6) is 0 Å². The Morgan fingerprint density at radius 2 is 2.10 bits per heavy atom. The van der Waals surface area contributed by atoms with Gasteiger partial charge in [-0.1, -0.05) is 18.2 Å². The minimum Gasteiger partial charge on any atom is -0.367 e. The summed E-state index contributed by atoms with van der Waals surface area (Å²) in [5.41, 5.74) is 1.54. The summed E-state index contributed by atoms with van der Waals surface area (Å²) in [5, 5.41) is 13.7. The zero-order chi connectivity index (χ0) is 14.7. The van der Waals surface area contributed by atoms with Crippen molar-refractivity contribution in [3.8, 4) is 6.07 Å². The van der Waals surface area contributed by atoms with Crippen LogP contribution in [-0.4, -0.2) is 35.6 Å². The van der Waals surface area contributed by atoms with Crippen molar-refractivity contribution in [2.24, 2.45) is 0 Å². The summed E-state index contributed by atoms with van der Waals surface area (Å²) >= 11 is 0. The molecular formula is C17H20N4. The Hall–Kier alpha value is -2.12. The molecule has 3 rings (SSSR count). The topological polar surface area (TPSA) is 52.0 Å². The van der Waals surface area contributed by atoms with Crippen molar-refractivity contribution in [3.05, 3.63) is 35.9 Å². The lowest BCUT2D eigenvalue weighted by molar-refractivity contribution is 0.269. The highest BCUT2D eigenvalue weighted by molar-refractivity contribution is 5.82. The van der Waals surface area contributed by atoms with E-state index in [4.69, 9.17) is 0 Å². The van der Waals surface area contributed by atoms with E-state index in [1.54, 1.807) is 0 Å². The number of aromatic nitrogens is 1. The number of rotatable bonds is 4. The van der Waals surface area contributed by atoms with Gasteiger partial charge in [0.2, 0.25) is 0 Å². The van der Waals surface area contributed by atoms with E-state index < -0.39 is 0 Å². The highest BCUT2D eigenvalue weighted by atomic mass is 15.2. The van der Waals surface area contributed by atoms with E-state index in [2.05, 4.69) is 28.2 Å². The molecule has 0 aliphatic carbocycles. The molecule has 0 amide bonds. The fraction of sp³-hybridized carbons (Fsp3) is 0.412. The monoisotopic (exact) mass is 280 g/mol. The number of nitrogens with one attached hydrogen (secondary N) is 1. The first-order valence-electron chi connectivity index (χ1n) is 7.56. The maximum Gasteiger partial charge on any atom is 0.144 e. The van der Waals surface area contributed by atoms with E-state index in [-0.39, 0.29) is 0 Å². The van der Waals surface area contributed by atoms with Gasteiger partial charge in [-0.15, -0.1) is 0 Å². The van der Waals surface area contributed by atoms with E-state index in [0.717, 1.165) is 17.4 Å². The molecule has 1 unspecified atom stereocenters. The number of para-hydroxylation sites is 1. The standard InChI is InChI=1S/C17H20N4/c1-13(21-8-4-5-9-21)12-19-17-15(11-18)10-14-6-2-3-7-16(14)20-17/h2-3,6-7,10,13H,4-5,8-9,12H2,1H3,(H,19,20). The van der Waals surface area contributed by atoms with Crippen LogP contribution in [0.4, 0.5) is 5.82 Å². The maximum atomic E-state index is 9.31. The predicted molar refractivity (Wildman–Crippen MR) is 85.2 cm³/mol. The second kappa shape index (κ2) is 6.11. The summed E-state index contributed by atoms with van der Waals surface area (Å²) in [6.07, 6.45) is 2.59. The van der Waals surface area contributed by atoms with Gasteiger partial charge >= 0.3 is 0 Å². The molecule has 4 heteroatoms. The van der Waals surface area contributed by atoms with Gasteiger partial charge in [-0.05, 0) is 45.0 Å². The van der Waals surface area contributed by atoms with Crippen molar-refractivity contribution in [1.82, 2.24) is 9.88 Å². The normalized spacial score (nSPS) is 16.8. The second-order valence-electron chi connectivity index (χ2n) is 5.66. The lowest BCUT2D eigenvalue weighted by Crippen LogP contribution is -2.35. The second-order valence-corrected chi connectivity index (χ2v) is 5.66. The van der Waals surface area contributed by atoms with Crippen LogP contribution >= 0.6 is 0 Å². The maximum absolute atomic E-state index is 9.31. The van der Waals surface area contributed by atoms with Gasteiger partial charge in [0.15, 0.2) is 0 Å². The molecule has 1 fully saturated rings. The molecule has 1 aliphatic heterocycles. The molecule has 0 radical (unpaired) electrons. The molecule has 21 heavy (non-hydrogen) atoms. The summed E-state index contributed by atoms with van der Waals surface area (Å²) in [4.78, 5) is 7.08. The first-order chi connectivity index (χ1) is 10.3. The first kappa shape index (κ1) is 13.8. The molecule has 0 spiro atoms. The van der Waals surface area contributed by atoms with Gasteiger partial charge in [0.05, 0.1) is 11.1 Å². The number of nitrogens with zero attached hydrogens (tertiary/aromatic N) is 3. The molecule has 4 nitrogen and oxygen atoms in total. The number of likely N-dealkylation sites (tertiary alicyclic amines) is 1. The van der Waals surface area contributed by atoms with Gasteiger partial charge in [-0.25, -0.2) is 4.98 Å². The zero-order valence-electron chi connectivity index (χ0n) is 12.3. The van der Waals surface area contributed by atoms with Gasteiger partial charge in [-0.2, -0.15) is 5.26 Å². The average Bonchev–Trinajstić information content (AvgIpc) is 3.06. The molecule has 0 bridgehead atoms. The molecule has 0 saturated carbocycles. The van der Waals surface area contributed by atoms with Crippen molar-refractivity contribution < 1.29 is 0 Å². The summed E-state index contributed by atoms with van der Waals surface area (Å²) in [5.74, 6) is 0.697. The highest BCUT2D eigenvalue weighted by Gasteiger charge is 2.18. The molecule has 1 aromatic heterocycles. The number of benzene rings is 1. The average molecular weight is 280 g/mol. The molecular weight excluding hydrogens is 260 g/mol. The molecule has 1 aliphatic rings. The molecule has 1 N–H and O–H groups in total. The lowest BCUT2D eigenvalue weighted by Gasteiger charge is -2.24. The Morgan fingerprint density at radius 1 is 1.33 bits per heavy atom. The van der Waals surface area contributed by atoms with Crippen molar-refractivity contribution in [1.29, 1.82) is 5.26 Å². The minimum atomic E-state index is 0.465. The van der Waals surface area contributed by atoms with Crippen molar-refractivity contribution >= 4 is 16.7 Å². The fourth-order valence-corrected chi connectivity index (χ4v) is 2.89. The molecule has 2 aromatic rings. The minimum absolute atomic E-state index is 0.465. The Labute approximate surface area is 125 Å². The van der Waals surface area contributed by atoms with Crippen LogP contribution < -0.4 is 5.32 Å². The number of fused-ring (bicyclic) bond motifs is 1. The third-order valence-electron chi connectivity index (χ3n) is 4.17. The SMILES string of the molecule is CC(CNc1nc2ccccc2cc1C#N)N1CCCC1. The van der Waals surface area contributed by atoms with Crippen LogP contribution in [0, 0.1) is 11.3 Å². The smallest absolute Gasteiger partial charge is 0.144 e. The number of nitriles is 1. The van der Waals surface area contributed by atoms with Crippen LogP contribution in [0.3, 0.4) is 0 Å². The summed E-state index contributed by atoms with van der Waals surface area (Å²) < 4.78 is 0. The van der Waals surface area contributed by atoms with Gasteiger partial charge in [0, 0.05) is 18.0 Å². The third kappa shape index (κ3) is 2.98. The molecule has 2 heterocycles. The molecule has 1 atom stereocenters. The largest absolute Gasteiger partial charge is 0.367 e. The van der Waals surface area contributed by atoms with E-state index in [0.29, 0.717) is 17.4 Å². The first-order valence-corrected chi connectivity index (χ1v) is 7.56. The number of pyridine rings is 1. The van der Waals surface area contributed by atoms with Gasteiger partial charge in [-0.3, -0.25) is 4.90 Å². The van der Waals surface area contributed by atoms with E-state index in [1.165, 1.54) is 25.9 Å². The van der Waals surface area contributed by atoms with Crippen molar-refractivity contribution in [3.63, 3.8) is 0 Å². The molecule has 1 saturated heterocycles. The van der Waals surface area contributed by atoms with E-state index >= 15 is 0 Å². The Bertz CT molecular complexity index is 668. The van der Waals surface area contributed by atoms with Crippen LogP contribution in [-0.2, 0) is 0 Å². The highest BCUT2D eigenvalue weighted by Crippen LogP contribution is 2.20. The van der Waals surface area contributed by atoms with Gasteiger partial charge in [0.1, 0.15) is 11.9 Å². The molecule has 108 valence electrons. The predicted octanol–water partition coefficient (Wildman–Crippen LogP) is 3.00. The van der Waals surface area contributed by atoms with Crippen molar-refractivity contribution in [2.75, 3.05) is 25.0 Å². The Balaban J connectivity index is 1.77. The third-order valence-corrected chi connectivity index (χ3v) is 4.17. The van der Waals surface area contributed by atoms with Crippen LogP contribution in [0.15, 0.2) is 30.3 Å². The summed E-state index contributed by atoms with van der Waals surface area (Å²) in [6, 6.07) is 12.5. The van der Waals surface area contributed by atoms with Gasteiger partial charge < -0.3 is 5.32 Å². The Morgan fingerprint density at radius 3 is 2.86 bits per heavy atom. The fourth-order valence-electron chi connectivity index (χ4n) is 2.89. The number of anilines is 1. The van der Waals surface area contributed by atoms with Crippen LogP contribution in [0.2, 0.25) is 0 Å². The van der Waals surface area contributed by atoms with E-state index in [9.17, 15) is 5.26 Å². The lowest BCUT2D eigenvalue weighted by atomic mass is 10.1. The summed E-state index contributed by atoms with van der Waals surface area (Å²) in [6.45, 7) is 5.41. The van der Waals surface area contributed by atoms with E-state index in [1.807, 2.05) is 30.3 Å².